The van der Waals surface area contributed by atoms with E-state index in [1.807, 2.05) is 0 Å². The Bertz CT molecular complexity index is 875. The van der Waals surface area contributed by atoms with E-state index in [4.69, 9.17) is 4.18 Å². The van der Waals surface area contributed by atoms with Crippen LogP contribution in [0.1, 0.15) is 37.7 Å². The fraction of sp³-hybridized carbons (Fsp3) is 0.667. The Balaban J connectivity index is 1.87. The van der Waals surface area contributed by atoms with Gasteiger partial charge >= 0.3 is 6.18 Å². The second kappa shape index (κ2) is 9.32. The van der Waals surface area contributed by atoms with E-state index in [2.05, 4.69) is 0 Å². The van der Waals surface area contributed by atoms with Crippen LogP contribution in [0, 0.1) is 11.8 Å². The number of rotatable bonds is 8. The van der Waals surface area contributed by atoms with Crippen molar-refractivity contribution in [3.05, 3.63) is 29.8 Å². The highest BCUT2D eigenvalue weighted by Gasteiger charge is 2.32. The van der Waals surface area contributed by atoms with Gasteiger partial charge in [0.2, 0.25) is 10.0 Å². The number of nitrogens with zero attached hydrogens (tertiary/aromatic N) is 1. The molecular formula is C18H26F3NO5S2. The summed E-state index contributed by atoms with van der Waals surface area (Å²) in [6.07, 6.45) is 0.445. The number of hydrogen-bond acceptors (Lipinski definition) is 5. The first-order valence-electron chi connectivity index (χ1n) is 9.27. The van der Waals surface area contributed by atoms with Gasteiger partial charge in [-0.05, 0) is 55.4 Å². The van der Waals surface area contributed by atoms with Crippen molar-refractivity contribution < 1.29 is 34.2 Å². The van der Waals surface area contributed by atoms with E-state index in [-0.39, 0.29) is 24.0 Å². The summed E-state index contributed by atoms with van der Waals surface area (Å²) in [6.45, 7) is 0.437. The number of sulfonamides is 1. The molecule has 1 aliphatic carbocycles. The molecule has 1 fully saturated rings. The maximum Gasteiger partial charge on any atom is 0.416 e. The first-order chi connectivity index (χ1) is 13.3. The standard InChI is InChI=1S/C18H26F3NO5S2/c1-22(29(25,26)17-9-7-16(8-10-17)18(19,20)21)13-15-5-3-14(4-6-15)11-12-27-28(2,23)24/h7-10,14-15H,3-6,11-13H2,1-2H3. The molecule has 11 heteroatoms. The Kier molecular flexibility index (Phi) is 7.74. The molecule has 29 heavy (non-hydrogen) atoms. The van der Waals surface area contributed by atoms with Crippen molar-refractivity contribution in [2.24, 2.45) is 11.8 Å². The Morgan fingerprint density at radius 3 is 2.00 bits per heavy atom. The molecule has 1 aliphatic rings. The molecule has 0 radical (unpaired) electrons. The molecule has 0 aromatic heterocycles. The third-order valence-electron chi connectivity index (χ3n) is 5.19. The lowest BCUT2D eigenvalue weighted by molar-refractivity contribution is -0.137. The third kappa shape index (κ3) is 7.23. The largest absolute Gasteiger partial charge is 0.416 e. The quantitative estimate of drug-likeness (QED) is 0.558. The average molecular weight is 458 g/mol. The first-order valence-corrected chi connectivity index (χ1v) is 12.5. The lowest BCUT2D eigenvalue weighted by atomic mass is 9.81. The van der Waals surface area contributed by atoms with Gasteiger partial charge in [-0.3, -0.25) is 4.18 Å². The fourth-order valence-corrected chi connectivity index (χ4v) is 5.17. The second-order valence-corrected chi connectivity index (χ2v) is 11.2. The smallest absolute Gasteiger partial charge is 0.270 e. The van der Waals surface area contributed by atoms with Crippen molar-refractivity contribution in [2.75, 3.05) is 26.5 Å². The summed E-state index contributed by atoms with van der Waals surface area (Å²) >= 11 is 0. The molecule has 0 aliphatic heterocycles. The molecule has 0 heterocycles. The highest BCUT2D eigenvalue weighted by Crippen LogP contribution is 2.33. The van der Waals surface area contributed by atoms with Gasteiger partial charge in [0.05, 0.1) is 23.3 Å². The van der Waals surface area contributed by atoms with Gasteiger partial charge in [-0.1, -0.05) is 12.8 Å². The van der Waals surface area contributed by atoms with E-state index in [0.717, 1.165) is 56.2 Å². The van der Waals surface area contributed by atoms with Crippen molar-refractivity contribution in [1.82, 2.24) is 4.31 Å². The third-order valence-corrected chi connectivity index (χ3v) is 7.63. The minimum Gasteiger partial charge on any atom is -0.270 e. The molecule has 6 nitrogen and oxygen atoms in total. The van der Waals surface area contributed by atoms with E-state index >= 15 is 0 Å². The molecule has 0 amide bonds. The maximum atomic E-state index is 12.7. The highest BCUT2D eigenvalue weighted by atomic mass is 32.2. The molecule has 166 valence electrons. The molecule has 1 aromatic carbocycles. The van der Waals surface area contributed by atoms with E-state index < -0.39 is 31.9 Å². The van der Waals surface area contributed by atoms with Crippen LogP contribution in [0.5, 0.6) is 0 Å². The van der Waals surface area contributed by atoms with Crippen LogP contribution in [0.2, 0.25) is 0 Å². The Labute approximate surface area is 170 Å². The van der Waals surface area contributed by atoms with Gasteiger partial charge < -0.3 is 0 Å². The van der Waals surface area contributed by atoms with Crippen molar-refractivity contribution in [1.29, 1.82) is 0 Å². The molecule has 0 spiro atoms. The summed E-state index contributed by atoms with van der Waals surface area (Å²) in [7, 11) is -5.88. The number of hydrogen-bond donors (Lipinski definition) is 0. The molecular weight excluding hydrogens is 431 g/mol. The van der Waals surface area contributed by atoms with E-state index in [1.54, 1.807) is 0 Å². The van der Waals surface area contributed by atoms with Crippen LogP contribution in [0.15, 0.2) is 29.2 Å². The van der Waals surface area contributed by atoms with Gasteiger partial charge in [-0.2, -0.15) is 21.6 Å². The van der Waals surface area contributed by atoms with Crippen LogP contribution in [-0.4, -0.2) is 47.6 Å². The van der Waals surface area contributed by atoms with Crippen LogP contribution < -0.4 is 0 Å². The topological polar surface area (TPSA) is 80.8 Å². The zero-order valence-corrected chi connectivity index (χ0v) is 18.0. The number of alkyl halides is 3. The van der Waals surface area contributed by atoms with Crippen molar-refractivity contribution in [2.45, 2.75) is 43.2 Å². The molecule has 0 N–H and O–H groups in total. The first kappa shape index (κ1) is 24.1. The molecule has 1 saturated carbocycles. The van der Waals surface area contributed by atoms with Gasteiger partial charge in [-0.25, -0.2) is 12.7 Å². The number of halogens is 3. The zero-order valence-electron chi connectivity index (χ0n) is 16.4. The number of benzene rings is 1. The van der Waals surface area contributed by atoms with Crippen LogP contribution >= 0.6 is 0 Å². The normalized spacial score (nSPS) is 21.4. The zero-order chi connectivity index (χ0) is 21.9. The van der Waals surface area contributed by atoms with Crippen LogP contribution in [0.3, 0.4) is 0 Å². The van der Waals surface area contributed by atoms with Gasteiger partial charge in [0.25, 0.3) is 10.1 Å². The summed E-state index contributed by atoms with van der Waals surface area (Å²) in [5.74, 6) is 0.487. The predicted octanol–water partition coefficient (Wildman–Crippen LogP) is 3.50. The summed E-state index contributed by atoms with van der Waals surface area (Å²) in [4.78, 5) is -0.167. The Hall–Kier alpha value is -1.17. The van der Waals surface area contributed by atoms with Gasteiger partial charge in [-0.15, -0.1) is 0 Å². The summed E-state index contributed by atoms with van der Waals surface area (Å²) in [5.41, 5.74) is -0.891. The minimum absolute atomic E-state index is 0.149. The molecule has 2 rings (SSSR count). The van der Waals surface area contributed by atoms with E-state index in [9.17, 15) is 30.0 Å². The van der Waals surface area contributed by atoms with Crippen LogP contribution in [0.4, 0.5) is 13.2 Å². The summed E-state index contributed by atoms with van der Waals surface area (Å²) in [5, 5.41) is 0. The van der Waals surface area contributed by atoms with Crippen LogP contribution in [-0.2, 0) is 30.5 Å². The molecule has 0 bridgehead atoms. The summed E-state index contributed by atoms with van der Waals surface area (Å²) in [6, 6.07) is 3.50. The predicted molar refractivity (Wildman–Crippen MR) is 102 cm³/mol. The van der Waals surface area contributed by atoms with Gasteiger partial charge in [0.1, 0.15) is 0 Å². The lowest BCUT2D eigenvalue weighted by Crippen LogP contribution is -2.33. The Morgan fingerprint density at radius 1 is 1.00 bits per heavy atom. The molecule has 0 unspecified atom stereocenters. The average Bonchev–Trinajstić information content (AvgIpc) is 2.61. The molecule has 0 atom stereocenters. The monoisotopic (exact) mass is 457 g/mol. The SMILES string of the molecule is CN(CC1CCC(CCOS(C)(=O)=O)CC1)S(=O)(=O)c1ccc(C(F)(F)F)cc1. The second-order valence-electron chi connectivity index (χ2n) is 7.51. The fourth-order valence-electron chi connectivity index (χ4n) is 3.53. The van der Waals surface area contributed by atoms with Crippen molar-refractivity contribution in [3.63, 3.8) is 0 Å². The Morgan fingerprint density at radius 2 is 1.52 bits per heavy atom. The highest BCUT2D eigenvalue weighted by molar-refractivity contribution is 7.89. The van der Waals surface area contributed by atoms with Crippen molar-refractivity contribution >= 4 is 20.1 Å². The van der Waals surface area contributed by atoms with Crippen molar-refractivity contribution in [3.8, 4) is 0 Å². The van der Waals surface area contributed by atoms with E-state index in [0.29, 0.717) is 12.3 Å². The molecule has 1 aromatic rings. The minimum atomic E-state index is -4.51. The molecule has 0 saturated heterocycles. The lowest BCUT2D eigenvalue weighted by Gasteiger charge is -2.31. The van der Waals surface area contributed by atoms with Crippen LogP contribution in [0.25, 0.3) is 0 Å². The van der Waals surface area contributed by atoms with E-state index in [1.165, 1.54) is 11.4 Å². The van der Waals surface area contributed by atoms with Gasteiger partial charge in [0, 0.05) is 13.6 Å². The summed E-state index contributed by atoms with van der Waals surface area (Å²) < 4.78 is 91.2. The van der Waals surface area contributed by atoms with Gasteiger partial charge in [0.15, 0.2) is 0 Å². The maximum absolute atomic E-state index is 12.7.